The van der Waals surface area contributed by atoms with Crippen LogP contribution in [0.2, 0.25) is 0 Å². The zero-order valence-corrected chi connectivity index (χ0v) is 18.0. The molecule has 1 fully saturated rings. The van der Waals surface area contributed by atoms with Crippen molar-refractivity contribution in [2.45, 2.75) is 18.7 Å². The second kappa shape index (κ2) is 7.91. The Labute approximate surface area is 176 Å². The first-order valence-electron chi connectivity index (χ1n) is 9.26. The molecule has 11 heteroatoms. The van der Waals surface area contributed by atoms with Gasteiger partial charge in [-0.3, -0.25) is 15.0 Å². The highest BCUT2D eigenvalue weighted by Crippen LogP contribution is 2.21. The fraction of sp³-hybridized carbons (Fsp3) is 0.316. The summed E-state index contributed by atoms with van der Waals surface area (Å²) in [6, 6.07) is 6.05. The molecule has 1 saturated heterocycles. The summed E-state index contributed by atoms with van der Waals surface area (Å²) in [5.41, 5.74) is 2.92. The normalized spacial score (nSPS) is 15.4. The number of thiophene rings is 1. The number of nitrogens with one attached hydrogen (secondary N) is 1. The molecule has 30 heavy (non-hydrogen) atoms. The van der Waals surface area contributed by atoms with E-state index < -0.39 is 15.9 Å². The maximum absolute atomic E-state index is 12.9. The molecule has 2 aromatic heterocycles. The molecule has 3 aromatic rings. The van der Waals surface area contributed by atoms with Gasteiger partial charge in [0.15, 0.2) is 0 Å². The molecule has 3 heterocycles. The number of nitrogens with zero attached hydrogens (tertiary/aromatic N) is 3. The van der Waals surface area contributed by atoms with Gasteiger partial charge in [-0.2, -0.15) is 4.31 Å². The summed E-state index contributed by atoms with van der Waals surface area (Å²) in [6.07, 6.45) is 0. The molecule has 1 aromatic carbocycles. The lowest BCUT2D eigenvalue weighted by atomic mass is 10.1. The monoisotopic (exact) mass is 448 g/mol. The highest BCUT2D eigenvalue weighted by atomic mass is 32.2. The van der Waals surface area contributed by atoms with E-state index in [1.165, 1.54) is 27.8 Å². The molecule has 0 radical (unpaired) electrons. The van der Waals surface area contributed by atoms with Gasteiger partial charge in [0.2, 0.25) is 10.0 Å². The van der Waals surface area contributed by atoms with E-state index in [4.69, 9.17) is 4.74 Å². The minimum Gasteiger partial charge on any atom is -0.379 e. The third-order valence-electron chi connectivity index (χ3n) is 4.94. The molecule has 0 spiro atoms. The van der Waals surface area contributed by atoms with E-state index in [0.717, 1.165) is 4.68 Å². The number of fused-ring (bicyclic) bond motifs is 1. The standard InChI is InChI=1S/C19H20N4O5S2/c1-12-3-4-14(30(26,27)22-6-8-28-9-7-22)11-16(12)17(24)21-23-13(2)20-18-15(19(23)25)5-10-29-18/h3-5,10-11H,6-9H2,1-2H3,(H,21,24). The lowest BCUT2D eigenvalue weighted by molar-refractivity contribution is 0.0730. The second-order valence-electron chi connectivity index (χ2n) is 6.87. The molecule has 1 aliphatic rings. The summed E-state index contributed by atoms with van der Waals surface area (Å²) in [6.45, 7) is 4.51. The molecule has 1 amide bonds. The Hall–Kier alpha value is -2.60. The Morgan fingerprint density at radius 1 is 1.20 bits per heavy atom. The van der Waals surface area contributed by atoms with Crippen molar-refractivity contribution in [3.05, 3.63) is 57.0 Å². The van der Waals surface area contributed by atoms with Gasteiger partial charge in [0.1, 0.15) is 10.7 Å². The molecular weight excluding hydrogens is 428 g/mol. The van der Waals surface area contributed by atoms with Crippen molar-refractivity contribution in [3.63, 3.8) is 0 Å². The number of aromatic nitrogens is 2. The molecule has 0 unspecified atom stereocenters. The van der Waals surface area contributed by atoms with E-state index in [9.17, 15) is 18.0 Å². The second-order valence-corrected chi connectivity index (χ2v) is 9.71. The first-order chi connectivity index (χ1) is 14.3. The van der Waals surface area contributed by atoms with Crippen LogP contribution >= 0.6 is 11.3 Å². The number of amides is 1. The minimum atomic E-state index is -3.75. The Kier molecular flexibility index (Phi) is 5.45. The molecule has 1 N–H and O–H groups in total. The predicted octanol–water partition coefficient (Wildman–Crippen LogP) is 1.48. The van der Waals surface area contributed by atoms with Crippen molar-refractivity contribution in [1.29, 1.82) is 0 Å². The number of carbonyl (C=O) groups is 1. The van der Waals surface area contributed by atoms with Crippen LogP contribution in [0, 0.1) is 13.8 Å². The molecule has 0 atom stereocenters. The summed E-state index contributed by atoms with van der Waals surface area (Å²) in [5, 5.41) is 2.17. The van der Waals surface area contributed by atoms with E-state index in [0.29, 0.717) is 34.8 Å². The maximum atomic E-state index is 12.9. The van der Waals surface area contributed by atoms with Gasteiger partial charge in [0, 0.05) is 18.7 Å². The predicted molar refractivity (Wildman–Crippen MR) is 113 cm³/mol. The highest BCUT2D eigenvalue weighted by molar-refractivity contribution is 7.89. The number of hydrogen-bond donors (Lipinski definition) is 1. The van der Waals surface area contributed by atoms with E-state index in [1.54, 1.807) is 31.4 Å². The zero-order chi connectivity index (χ0) is 21.5. The largest absolute Gasteiger partial charge is 0.379 e. The van der Waals surface area contributed by atoms with Crippen LogP contribution in [-0.2, 0) is 14.8 Å². The van der Waals surface area contributed by atoms with Gasteiger partial charge in [0.05, 0.1) is 23.5 Å². The molecule has 0 bridgehead atoms. The van der Waals surface area contributed by atoms with Crippen LogP contribution in [0.25, 0.3) is 10.2 Å². The molecule has 4 rings (SSSR count). The summed E-state index contributed by atoms with van der Waals surface area (Å²) in [4.78, 5) is 30.6. The van der Waals surface area contributed by atoms with Crippen molar-refractivity contribution in [1.82, 2.24) is 14.0 Å². The van der Waals surface area contributed by atoms with Gasteiger partial charge >= 0.3 is 0 Å². The number of carbonyl (C=O) groups excluding carboxylic acids is 1. The number of benzene rings is 1. The van der Waals surface area contributed by atoms with Gasteiger partial charge in [-0.15, -0.1) is 11.3 Å². The molecule has 1 aliphatic heterocycles. The van der Waals surface area contributed by atoms with Crippen molar-refractivity contribution in [3.8, 4) is 0 Å². The lowest BCUT2D eigenvalue weighted by Crippen LogP contribution is -2.40. The summed E-state index contributed by atoms with van der Waals surface area (Å²) < 4.78 is 33.5. The quantitative estimate of drug-likeness (QED) is 0.647. The average molecular weight is 449 g/mol. The Balaban J connectivity index is 1.68. The number of hydrogen-bond acceptors (Lipinski definition) is 7. The Morgan fingerprint density at radius 2 is 1.93 bits per heavy atom. The van der Waals surface area contributed by atoms with Crippen LogP contribution in [0.15, 0.2) is 39.3 Å². The summed E-state index contributed by atoms with van der Waals surface area (Å²) in [7, 11) is -3.75. The number of sulfonamides is 1. The van der Waals surface area contributed by atoms with Gasteiger partial charge in [-0.25, -0.2) is 18.1 Å². The van der Waals surface area contributed by atoms with Crippen LogP contribution in [0.1, 0.15) is 21.7 Å². The van der Waals surface area contributed by atoms with E-state index in [1.807, 2.05) is 0 Å². The van der Waals surface area contributed by atoms with Gasteiger partial charge < -0.3 is 4.74 Å². The topological polar surface area (TPSA) is 111 Å². The first kappa shape index (κ1) is 20.7. The van der Waals surface area contributed by atoms with Gasteiger partial charge in [0.25, 0.3) is 11.5 Å². The molecule has 158 valence electrons. The zero-order valence-electron chi connectivity index (χ0n) is 16.4. The van der Waals surface area contributed by atoms with Crippen LogP contribution in [0.4, 0.5) is 0 Å². The maximum Gasteiger partial charge on any atom is 0.281 e. The Morgan fingerprint density at radius 3 is 2.67 bits per heavy atom. The number of morpholine rings is 1. The van der Waals surface area contributed by atoms with Crippen molar-refractivity contribution < 1.29 is 17.9 Å². The third-order valence-corrected chi connectivity index (χ3v) is 7.64. The molecular formula is C19H20N4O5S2. The van der Waals surface area contributed by atoms with Crippen molar-refractivity contribution in [2.75, 3.05) is 31.7 Å². The van der Waals surface area contributed by atoms with E-state index >= 15 is 0 Å². The number of ether oxygens (including phenoxy) is 1. The van der Waals surface area contributed by atoms with E-state index in [-0.39, 0.29) is 29.1 Å². The minimum absolute atomic E-state index is 0.0237. The lowest BCUT2D eigenvalue weighted by Gasteiger charge is -2.26. The highest BCUT2D eigenvalue weighted by Gasteiger charge is 2.27. The van der Waals surface area contributed by atoms with Crippen molar-refractivity contribution >= 4 is 37.5 Å². The van der Waals surface area contributed by atoms with E-state index in [2.05, 4.69) is 10.4 Å². The number of aryl methyl sites for hydroxylation is 2. The van der Waals surface area contributed by atoms with Crippen LogP contribution in [-0.4, -0.2) is 54.6 Å². The van der Waals surface area contributed by atoms with Crippen LogP contribution < -0.4 is 11.0 Å². The SMILES string of the molecule is Cc1ccc(S(=O)(=O)N2CCOCC2)cc1C(=O)Nn1c(C)nc2sccc2c1=O. The summed E-state index contributed by atoms with van der Waals surface area (Å²) >= 11 is 1.34. The van der Waals surface area contributed by atoms with Gasteiger partial charge in [-0.05, 0) is 43.0 Å². The molecule has 0 aliphatic carbocycles. The third kappa shape index (κ3) is 3.65. The summed E-state index contributed by atoms with van der Waals surface area (Å²) in [5.74, 6) is -0.258. The van der Waals surface area contributed by atoms with Crippen LogP contribution in [0.3, 0.4) is 0 Å². The first-order valence-corrected chi connectivity index (χ1v) is 11.6. The van der Waals surface area contributed by atoms with Crippen LogP contribution in [0.5, 0.6) is 0 Å². The number of rotatable bonds is 4. The average Bonchev–Trinajstić information content (AvgIpc) is 3.20. The smallest absolute Gasteiger partial charge is 0.281 e. The Bertz CT molecular complexity index is 1290. The molecule has 9 nitrogen and oxygen atoms in total. The van der Waals surface area contributed by atoms with Gasteiger partial charge in [-0.1, -0.05) is 6.07 Å². The van der Waals surface area contributed by atoms with Crippen molar-refractivity contribution in [2.24, 2.45) is 0 Å². The fourth-order valence-corrected chi connectivity index (χ4v) is 5.49. The fourth-order valence-electron chi connectivity index (χ4n) is 3.25. The molecule has 0 saturated carbocycles.